The van der Waals surface area contributed by atoms with E-state index in [0.29, 0.717) is 25.1 Å². The highest BCUT2D eigenvalue weighted by Crippen LogP contribution is 2.27. The molecule has 1 amide bonds. The van der Waals surface area contributed by atoms with E-state index in [4.69, 9.17) is 0 Å². The van der Waals surface area contributed by atoms with Crippen molar-refractivity contribution in [3.63, 3.8) is 0 Å². The van der Waals surface area contributed by atoms with E-state index >= 15 is 0 Å². The van der Waals surface area contributed by atoms with Gasteiger partial charge in [0.1, 0.15) is 0 Å². The van der Waals surface area contributed by atoms with Gasteiger partial charge in [-0.2, -0.15) is 0 Å². The van der Waals surface area contributed by atoms with Crippen LogP contribution in [0.5, 0.6) is 0 Å². The third kappa shape index (κ3) is 4.78. The maximum Gasteiger partial charge on any atom is 0.258 e. The van der Waals surface area contributed by atoms with Gasteiger partial charge in [-0.05, 0) is 35.0 Å². The number of Topliss-reactive ketones (excluding diaryl/α,β-unsaturated/α-hetero) is 1. The summed E-state index contributed by atoms with van der Waals surface area (Å²) in [6.45, 7) is 1.98. The van der Waals surface area contributed by atoms with Crippen LogP contribution >= 0.6 is 39.0 Å². The number of aryl methyl sites for hydroxylation is 1. The fourth-order valence-corrected chi connectivity index (χ4v) is 4.18. The molecule has 0 fully saturated rings. The van der Waals surface area contributed by atoms with Gasteiger partial charge in [-0.15, -0.1) is 10.2 Å². The normalized spacial score (nSPS) is 10.5. The Morgan fingerprint density at radius 2 is 1.85 bits per heavy atom. The van der Waals surface area contributed by atoms with Crippen LogP contribution < -0.4 is 5.32 Å². The Balaban J connectivity index is 1.58. The van der Waals surface area contributed by atoms with Crippen LogP contribution in [0, 0.1) is 6.92 Å². The van der Waals surface area contributed by atoms with Crippen molar-refractivity contribution in [2.45, 2.75) is 11.3 Å². The quantitative estimate of drug-likeness (QED) is 0.332. The number of halogens is 1. The molecular weight excluding hydrogens is 434 g/mol. The van der Waals surface area contributed by atoms with Gasteiger partial charge in [0.2, 0.25) is 5.13 Å². The number of hydrogen-bond donors (Lipinski definition) is 1. The average Bonchev–Trinajstić information content (AvgIpc) is 3.08. The number of thioether (sulfide) groups is 1. The predicted molar refractivity (Wildman–Crippen MR) is 108 cm³/mol. The molecule has 3 aromatic rings. The van der Waals surface area contributed by atoms with Gasteiger partial charge >= 0.3 is 0 Å². The van der Waals surface area contributed by atoms with Gasteiger partial charge in [-0.3, -0.25) is 14.9 Å². The van der Waals surface area contributed by atoms with Crippen LogP contribution in [0.15, 0.2) is 57.3 Å². The smallest absolute Gasteiger partial charge is 0.258 e. The molecule has 26 heavy (non-hydrogen) atoms. The topological polar surface area (TPSA) is 72.0 Å². The molecule has 0 radical (unpaired) electrons. The summed E-state index contributed by atoms with van der Waals surface area (Å²) in [7, 11) is 0. The first-order valence-electron chi connectivity index (χ1n) is 7.65. The zero-order valence-corrected chi connectivity index (χ0v) is 17.0. The van der Waals surface area contributed by atoms with Crippen LogP contribution in [-0.2, 0) is 0 Å². The lowest BCUT2D eigenvalue weighted by Crippen LogP contribution is -2.12. The summed E-state index contributed by atoms with van der Waals surface area (Å²) in [5.41, 5.74) is 2.31. The first-order chi connectivity index (χ1) is 12.5. The van der Waals surface area contributed by atoms with Crippen molar-refractivity contribution < 1.29 is 9.59 Å². The molecule has 1 heterocycles. The second-order valence-electron chi connectivity index (χ2n) is 5.38. The Bertz CT molecular complexity index is 942. The molecule has 0 aliphatic heterocycles. The third-order valence-corrected chi connectivity index (χ3v) is 6.11. The lowest BCUT2D eigenvalue weighted by atomic mass is 10.1. The number of anilines is 1. The number of carbonyl (C=O) groups is 2. The van der Waals surface area contributed by atoms with E-state index in [1.54, 1.807) is 18.2 Å². The zero-order valence-electron chi connectivity index (χ0n) is 13.7. The molecule has 8 heteroatoms. The molecule has 0 saturated carbocycles. The van der Waals surface area contributed by atoms with Crippen LogP contribution in [0.1, 0.15) is 26.3 Å². The summed E-state index contributed by atoms with van der Waals surface area (Å²) in [6.07, 6.45) is 0. The molecule has 0 unspecified atom stereocenters. The summed E-state index contributed by atoms with van der Waals surface area (Å²) in [5.74, 6) is 0.0421. The van der Waals surface area contributed by atoms with E-state index in [2.05, 4.69) is 31.4 Å². The highest BCUT2D eigenvalue weighted by Gasteiger charge is 2.14. The lowest BCUT2D eigenvalue weighted by molar-refractivity contribution is 0.101. The van der Waals surface area contributed by atoms with Crippen molar-refractivity contribution in [2.24, 2.45) is 0 Å². The van der Waals surface area contributed by atoms with E-state index in [9.17, 15) is 9.59 Å². The van der Waals surface area contributed by atoms with Gasteiger partial charge in [0.25, 0.3) is 5.91 Å². The van der Waals surface area contributed by atoms with Gasteiger partial charge in [0.15, 0.2) is 10.1 Å². The molecule has 0 aliphatic rings. The number of carbonyl (C=O) groups excluding carboxylic acids is 2. The highest BCUT2D eigenvalue weighted by molar-refractivity contribution is 9.10. The van der Waals surface area contributed by atoms with Crippen LogP contribution in [0.3, 0.4) is 0 Å². The number of ketones is 1. The molecule has 3 rings (SSSR count). The Morgan fingerprint density at radius 1 is 1.12 bits per heavy atom. The fraction of sp³-hybridized carbons (Fsp3) is 0.111. The predicted octanol–water partition coefficient (Wildman–Crippen LogP) is 4.84. The summed E-state index contributed by atoms with van der Waals surface area (Å²) < 4.78 is 1.34. The zero-order chi connectivity index (χ0) is 18.5. The number of nitrogens with one attached hydrogen (secondary N) is 1. The van der Waals surface area contributed by atoms with Gasteiger partial charge < -0.3 is 0 Å². The second-order valence-corrected chi connectivity index (χ2v) is 8.44. The van der Waals surface area contributed by atoms with E-state index in [1.165, 1.54) is 23.1 Å². The highest BCUT2D eigenvalue weighted by atomic mass is 79.9. The van der Waals surface area contributed by atoms with E-state index < -0.39 is 0 Å². The monoisotopic (exact) mass is 447 g/mol. The Labute approximate surface area is 167 Å². The first kappa shape index (κ1) is 18.8. The minimum absolute atomic E-state index is 0.0315. The van der Waals surface area contributed by atoms with Gasteiger partial charge in [-0.1, -0.05) is 65.1 Å². The molecule has 0 atom stereocenters. The van der Waals surface area contributed by atoms with Gasteiger partial charge in [0, 0.05) is 10.0 Å². The first-order valence-corrected chi connectivity index (χ1v) is 10.2. The van der Waals surface area contributed by atoms with Crippen molar-refractivity contribution in [1.82, 2.24) is 10.2 Å². The standard InChI is InChI=1S/C18H14BrN3O2S2/c1-11-6-8-12(9-7-11)15(23)10-25-18-22-21-17(26-18)20-16(24)13-4-2-3-5-14(13)19/h2-9H,10H2,1H3,(H,20,21,24). The number of hydrogen-bond acceptors (Lipinski definition) is 6. The number of amides is 1. The molecule has 0 bridgehead atoms. The van der Waals surface area contributed by atoms with Crippen molar-refractivity contribution in [3.05, 3.63) is 69.7 Å². The third-order valence-electron chi connectivity index (χ3n) is 3.45. The second kappa shape index (κ2) is 8.57. The molecule has 5 nitrogen and oxygen atoms in total. The van der Waals surface area contributed by atoms with E-state index in [-0.39, 0.29) is 17.4 Å². The van der Waals surface area contributed by atoms with E-state index in [0.717, 1.165) is 5.56 Å². The number of rotatable bonds is 6. The Morgan fingerprint density at radius 3 is 2.58 bits per heavy atom. The summed E-state index contributed by atoms with van der Waals surface area (Å²) in [4.78, 5) is 24.5. The SMILES string of the molecule is Cc1ccc(C(=O)CSc2nnc(NC(=O)c3ccccc3Br)s2)cc1. The summed E-state index contributed by atoms with van der Waals surface area (Å²) in [6, 6.07) is 14.6. The van der Waals surface area contributed by atoms with Crippen molar-refractivity contribution in [3.8, 4) is 0 Å². The van der Waals surface area contributed by atoms with E-state index in [1.807, 2.05) is 37.3 Å². The average molecular weight is 448 g/mol. The molecule has 2 aromatic carbocycles. The molecular formula is C18H14BrN3O2S2. The molecule has 132 valence electrons. The number of aromatic nitrogens is 2. The Kier molecular flexibility index (Phi) is 6.18. The Hall–Kier alpha value is -2.03. The maximum absolute atomic E-state index is 12.3. The minimum atomic E-state index is -0.263. The number of benzene rings is 2. The summed E-state index contributed by atoms with van der Waals surface area (Å²) >= 11 is 5.90. The molecule has 1 aromatic heterocycles. The minimum Gasteiger partial charge on any atom is -0.296 e. The lowest BCUT2D eigenvalue weighted by Gasteiger charge is -2.02. The van der Waals surface area contributed by atoms with Crippen LogP contribution in [0.25, 0.3) is 0 Å². The molecule has 0 spiro atoms. The largest absolute Gasteiger partial charge is 0.296 e. The van der Waals surface area contributed by atoms with Gasteiger partial charge in [0.05, 0.1) is 11.3 Å². The fourth-order valence-electron chi connectivity index (χ4n) is 2.08. The van der Waals surface area contributed by atoms with Crippen LogP contribution in [0.2, 0.25) is 0 Å². The van der Waals surface area contributed by atoms with Crippen LogP contribution in [0.4, 0.5) is 5.13 Å². The maximum atomic E-state index is 12.3. The van der Waals surface area contributed by atoms with Crippen molar-refractivity contribution in [2.75, 3.05) is 11.1 Å². The van der Waals surface area contributed by atoms with Gasteiger partial charge in [-0.25, -0.2) is 0 Å². The van der Waals surface area contributed by atoms with Crippen molar-refractivity contribution >= 4 is 55.9 Å². The number of nitrogens with zero attached hydrogens (tertiary/aromatic N) is 2. The molecule has 0 aliphatic carbocycles. The van der Waals surface area contributed by atoms with Crippen molar-refractivity contribution in [1.29, 1.82) is 0 Å². The molecule has 1 N–H and O–H groups in total. The summed E-state index contributed by atoms with van der Waals surface area (Å²) in [5, 5.41) is 11.1. The van der Waals surface area contributed by atoms with Crippen LogP contribution in [-0.4, -0.2) is 27.6 Å². The molecule has 0 saturated heterocycles.